The zero-order valence-corrected chi connectivity index (χ0v) is 30.5. The molecule has 10 nitrogen and oxygen atoms in total. The third-order valence-electron chi connectivity index (χ3n) is 8.70. The van der Waals surface area contributed by atoms with Crippen LogP contribution in [0.25, 0.3) is 16.0 Å². The lowest BCUT2D eigenvalue weighted by Gasteiger charge is -2.47. The van der Waals surface area contributed by atoms with E-state index in [-0.39, 0.29) is 24.6 Å². The Bertz CT molecular complexity index is 1860. The van der Waals surface area contributed by atoms with Crippen LogP contribution in [0.3, 0.4) is 0 Å². The molecular formula is C36H46FN3O7S. The Kier molecular flexibility index (Phi) is 8.99. The van der Waals surface area contributed by atoms with Crippen LogP contribution in [-0.2, 0) is 19.7 Å². The highest BCUT2D eigenvalue weighted by atomic mass is 32.1. The third-order valence-corrected chi connectivity index (χ3v) is 10.2. The maximum Gasteiger partial charge on any atom is 0.411 e. The Labute approximate surface area is 284 Å². The normalized spacial score (nSPS) is 17.6. The molecule has 2 aliphatic rings. The number of thiophene rings is 1. The van der Waals surface area contributed by atoms with Gasteiger partial charge in [-0.15, -0.1) is 11.3 Å². The van der Waals surface area contributed by atoms with Gasteiger partial charge in [0.25, 0.3) is 5.56 Å². The van der Waals surface area contributed by atoms with Gasteiger partial charge in [0, 0.05) is 35.1 Å². The zero-order valence-electron chi connectivity index (χ0n) is 29.7. The van der Waals surface area contributed by atoms with Crippen LogP contribution in [0.15, 0.2) is 23.1 Å². The number of aryl methyl sites for hydroxylation is 1. The predicted molar refractivity (Wildman–Crippen MR) is 182 cm³/mol. The van der Waals surface area contributed by atoms with Crippen molar-refractivity contribution >= 4 is 35.0 Å². The van der Waals surface area contributed by atoms with E-state index < -0.39 is 52.3 Å². The molecule has 5 rings (SSSR count). The predicted octanol–water partition coefficient (Wildman–Crippen LogP) is 7.92. The van der Waals surface area contributed by atoms with Crippen molar-refractivity contribution in [2.24, 2.45) is 0 Å². The Morgan fingerprint density at radius 1 is 1.04 bits per heavy atom. The monoisotopic (exact) mass is 683 g/mol. The lowest BCUT2D eigenvalue weighted by molar-refractivity contribution is -0.0175. The smallest absolute Gasteiger partial charge is 0.411 e. The number of hydrogen-bond donors (Lipinski definition) is 0. The summed E-state index contributed by atoms with van der Waals surface area (Å²) in [6, 6.07) is 2.86. The topological polar surface area (TPSA) is 107 Å². The number of hydrogen-bond acceptors (Lipinski definition) is 8. The quantitative estimate of drug-likeness (QED) is 0.199. The van der Waals surface area contributed by atoms with Crippen molar-refractivity contribution in [1.82, 2.24) is 14.2 Å². The van der Waals surface area contributed by atoms with E-state index >= 15 is 4.39 Å². The molecule has 0 N–H and O–H groups in total. The van der Waals surface area contributed by atoms with Gasteiger partial charge in [-0.05, 0) is 117 Å². The first-order valence-corrected chi connectivity index (χ1v) is 17.1. The first-order valence-electron chi connectivity index (χ1n) is 16.3. The van der Waals surface area contributed by atoms with Gasteiger partial charge in [-0.2, -0.15) is 0 Å². The maximum absolute atomic E-state index is 16.4. The molecule has 260 valence electrons. The Morgan fingerprint density at radius 2 is 1.67 bits per heavy atom. The number of likely N-dealkylation sites (N-methyl/N-ethyl adjacent to an activating group) is 1. The fourth-order valence-electron chi connectivity index (χ4n) is 6.30. The molecule has 0 radical (unpaired) electrons. The average molecular weight is 684 g/mol. The van der Waals surface area contributed by atoms with Crippen LogP contribution >= 0.6 is 11.3 Å². The lowest BCUT2D eigenvalue weighted by atomic mass is 9.87. The van der Waals surface area contributed by atoms with E-state index in [1.165, 1.54) is 20.6 Å². The molecule has 0 saturated heterocycles. The van der Waals surface area contributed by atoms with Crippen molar-refractivity contribution in [3.63, 3.8) is 0 Å². The third kappa shape index (κ3) is 6.55. The summed E-state index contributed by atoms with van der Waals surface area (Å²) in [6.45, 7) is 18.2. The Balaban J connectivity index is 1.71. The van der Waals surface area contributed by atoms with E-state index in [4.69, 9.17) is 14.2 Å². The molecule has 2 amide bonds. The van der Waals surface area contributed by atoms with E-state index in [0.717, 1.165) is 35.0 Å². The molecule has 1 fully saturated rings. The minimum absolute atomic E-state index is 0.112. The minimum Gasteiger partial charge on any atom is -0.462 e. The number of rotatable bonds is 5. The number of halogens is 1. The van der Waals surface area contributed by atoms with Gasteiger partial charge in [0.2, 0.25) is 0 Å². The maximum atomic E-state index is 16.4. The van der Waals surface area contributed by atoms with Gasteiger partial charge in [-0.1, -0.05) is 0 Å². The fourth-order valence-corrected chi connectivity index (χ4v) is 7.73. The lowest BCUT2D eigenvalue weighted by Crippen LogP contribution is -2.55. The molecule has 0 aromatic carbocycles. The van der Waals surface area contributed by atoms with E-state index in [1.54, 1.807) is 73.4 Å². The van der Waals surface area contributed by atoms with Crippen LogP contribution in [0.4, 0.5) is 14.0 Å². The first kappa shape index (κ1) is 35.4. The van der Waals surface area contributed by atoms with Gasteiger partial charge in [0.15, 0.2) is 0 Å². The van der Waals surface area contributed by atoms with Crippen molar-refractivity contribution in [2.75, 3.05) is 20.2 Å². The van der Waals surface area contributed by atoms with Crippen LogP contribution in [-0.4, -0.2) is 63.8 Å². The van der Waals surface area contributed by atoms with Crippen LogP contribution in [0.2, 0.25) is 0 Å². The van der Waals surface area contributed by atoms with Crippen molar-refractivity contribution in [3.05, 3.63) is 61.6 Å². The second kappa shape index (κ2) is 12.2. The molecular weight excluding hydrogens is 637 g/mol. The minimum atomic E-state index is -0.877. The first-order chi connectivity index (χ1) is 22.2. The molecule has 1 unspecified atom stereocenters. The summed E-state index contributed by atoms with van der Waals surface area (Å²) in [5.41, 5.74) is -0.126. The zero-order chi connectivity index (χ0) is 35.7. The SMILES string of the molecule is CCOC(=O)c1cc(C2CC2)c2c(C)c(-c3cc4c(s3)C(C)(C)N(C(=O)OC(C)(C)C)CC4N(C)C(=O)OC(C)(C)C)c(F)cn2c1=O. The number of carbonyl (C=O) groups is 3. The van der Waals surface area contributed by atoms with Gasteiger partial charge >= 0.3 is 18.2 Å². The highest BCUT2D eigenvalue weighted by Crippen LogP contribution is 2.50. The van der Waals surface area contributed by atoms with Crippen LogP contribution in [0, 0.1) is 12.7 Å². The Hall–Kier alpha value is -3.93. The molecule has 0 bridgehead atoms. The number of carbonyl (C=O) groups excluding carboxylic acids is 3. The van der Waals surface area contributed by atoms with Gasteiger partial charge in [-0.3, -0.25) is 14.1 Å². The molecule has 48 heavy (non-hydrogen) atoms. The van der Waals surface area contributed by atoms with Gasteiger partial charge < -0.3 is 19.1 Å². The molecule has 3 aromatic rings. The van der Waals surface area contributed by atoms with Crippen molar-refractivity contribution in [2.45, 2.75) is 111 Å². The second-order valence-electron chi connectivity index (χ2n) is 15.2. The van der Waals surface area contributed by atoms with Crippen LogP contribution in [0.5, 0.6) is 0 Å². The number of nitrogens with zero attached hydrogens (tertiary/aromatic N) is 3. The number of esters is 1. The van der Waals surface area contributed by atoms with Crippen molar-refractivity contribution in [1.29, 1.82) is 0 Å². The van der Waals surface area contributed by atoms with Crippen LogP contribution in [0.1, 0.15) is 119 Å². The highest BCUT2D eigenvalue weighted by Gasteiger charge is 2.47. The molecule has 3 aromatic heterocycles. The molecule has 1 aliphatic heterocycles. The summed E-state index contributed by atoms with van der Waals surface area (Å²) in [7, 11) is 1.63. The Morgan fingerprint density at radius 3 is 2.23 bits per heavy atom. The van der Waals surface area contributed by atoms with Gasteiger partial charge in [0.1, 0.15) is 22.6 Å². The summed E-state index contributed by atoms with van der Waals surface area (Å²) in [6.07, 6.45) is 1.84. The number of ether oxygens (including phenoxy) is 3. The number of amides is 2. The fraction of sp³-hybridized carbons (Fsp3) is 0.556. The van der Waals surface area contributed by atoms with E-state index in [2.05, 4.69) is 0 Å². The molecule has 1 saturated carbocycles. The van der Waals surface area contributed by atoms with Crippen molar-refractivity contribution < 1.29 is 33.0 Å². The largest absolute Gasteiger partial charge is 0.462 e. The molecule has 1 aliphatic carbocycles. The number of aromatic nitrogens is 1. The summed E-state index contributed by atoms with van der Waals surface area (Å²) in [5, 5.41) is 0. The van der Waals surface area contributed by atoms with Crippen molar-refractivity contribution in [3.8, 4) is 10.4 Å². The summed E-state index contributed by atoms with van der Waals surface area (Å²) in [4.78, 5) is 57.7. The number of fused-ring (bicyclic) bond motifs is 2. The second-order valence-corrected chi connectivity index (χ2v) is 16.2. The molecule has 1 atom stereocenters. The standard InChI is InChI=1S/C36H46FN3O7S/c1-12-45-31(42)23-15-21(20-13-14-20)28-19(2)27(24(37)17-39(28)30(23)41)26-16-22-25(38(11)32(43)46-34(3,4)5)18-40(33(44)47-35(6,7)8)36(9,10)29(22)48-26/h15-17,20,25H,12-14,18H2,1-11H3. The molecule has 4 heterocycles. The molecule has 0 spiro atoms. The highest BCUT2D eigenvalue weighted by molar-refractivity contribution is 7.15. The van der Waals surface area contributed by atoms with Gasteiger partial charge in [-0.25, -0.2) is 18.8 Å². The van der Waals surface area contributed by atoms with Crippen LogP contribution < -0.4 is 5.56 Å². The van der Waals surface area contributed by atoms with E-state index in [0.29, 0.717) is 21.5 Å². The summed E-state index contributed by atoms with van der Waals surface area (Å²) < 4.78 is 34.2. The number of pyridine rings is 2. The van der Waals surface area contributed by atoms with E-state index in [9.17, 15) is 19.2 Å². The van der Waals surface area contributed by atoms with E-state index in [1.807, 2.05) is 19.9 Å². The average Bonchev–Trinajstić information content (AvgIpc) is 3.69. The summed E-state index contributed by atoms with van der Waals surface area (Å²) >= 11 is 1.34. The van der Waals surface area contributed by atoms with Gasteiger partial charge in [0.05, 0.1) is 23.7 Å². The summed E-state index contributed by atoms with van der Waals surface area (Å²) in [5.74, 6) is -1.23. The molecule has 12 heteroatoms.